The lowest BCUT2D eigenvalue weighted by Crippen LogP contribution is -2.45. The van der Waals surface area contributed by atoms with E-state index >= 15 is 0 Å². The van der Waals surface area contributed by atoms with E-state index < -0.39 is 0 Å². The molecular weight excluding hydrogens is 374 g/mol. The van der Waals surface area contributed by atoms with Crippen molar-refractivity contribution >= 4 is 21.8 Å². The number of tetrazole rings is 1. The van der Waals surface area contributed by atoms with Crippen LogP contribution in [0.4, 0.5) is 0 Å². The Labute approximate surface area is 147 Å². The third-order valence-corrected chi connectivity index (χ3v) is 5.18. The number of hydrogen-bond donors (Lipinski definition) is 3. The van der Waals surface area contributed by atoms with Gasteiger partial charge in [-0.05, 0) is 54.7 Å². The topological polar surface area (TPSA) is 96.8 Å². The van der Waals surface area contributed by atoms with Gasteiger partial charge in [0.05, 0.1) is 5.69 Å². The first-order valence-electron chi connectivity index (χ1n) is 8.04. The van der Waals surface area contributed by atoms with Gasteiger partial charge in [0.2, 0.25) is 0 Å². The third-order valence-electron chi connectivity index (χ3n) is 4.65. The molecule has 0 bridgehead atoms. The monoisotopic (exact) mass is 391 g/mol. The van der Waals surface area contributed by atoms with E-state index in [1.807, 2.05) is 24.3 Å². The van der Waals surface area contributed by atoms with Gasteiger partial charge in [-0.15, -0.1) is 15.0 Å². The summed E-state index contributed by atoms with van der Waals surface area (Å²) in [5.41, 5.74) is 7.23. The zero-order valence-corrected chi connectivity index (χ0v) is 14.5. The van der Waals surface area contributed by atoms with Crippen molar-refractivity contribution in [2.45, 2.75) is 31.3 Å². The zero-order chi connectivity index (χ0) is 16.5. The molecule has 3 atom stereocenters. The van der Waals surface area contributed by atoms with Gasteiger partial charge in [0.1, 0.15) is 0 Å². The van der Waals surface area contributed by atoms with E-state index in [4.69, 9.17) is 0 Å². The first-order valence-corrected chi connectivity index (χ1v) is 8.83. The molecule has 1 amide bonds. The van der Waals surface area contributed by atoms with Gasteiger partial charge in [0.25, 0.3) is 11.7 Å². The fourth-order valence-electron chi connectivity index (χ4n) is 3.35. The summed E-state index contributed by atoms with van der Waals surface area (Å²) in [6, 6.07) is 8.06. The van der Waals surface area contributed by atoms with E-state index in [1.54, 1.807) is 0 Å². The van der Waals surface area contributed by atoms with E-state index in [2.05, 4.69) is 47.5 Å². The minimum Gasteiger partial charge on any atom is -0.346 e. The quantitative estimate of drug-likeness (QED) is 0.715. The number of amides is 1. The van der Waals surface area contributed by atoms with Crippen LogP contribution >= 0.6 is 15.9 Å². The molecule has 4 rings (SSSR count). The fourth-order valence-corrected chi connectivity index (χ4v) is 3.61. The van der Waals surface area contributed by atoms with E-state index in [9.17, 15) is 4.79 Å². The smallest absolute Gasteiger partial charge is 0.293 e. The number of hydrogen-bond acceptors (Lipinski definition) is 6. The molecule has 1 aromatic carbocycles. The van der Waals surface area contributed by atoms with Crippen LogP contribution < -0.4 is 16.2 Å². The second-order valence-electron chi connectivity index (χ2n) is 6.25. The van der Waals surface area contributed by atoms with Crippen LogP contribution in [0.1, 0.15) is 29.9 Å². The molecule has 3 unspecified atom stereocenters. The Balaban J connectivity index is 1.41. The van der Waals surface area contributed by atoms with E-state index in [-0.39, 0.29) is 17.8 Å². The number of hydrazine groups is 1. The maximum absolute atomic E-state index is 12.4. The van der Waals surface area contributed by atoms with Gasteiger partial charge in [-0.2, -0.15) is 0 Å². The number of aromatic nitrogens is 4. The number of carbonyl (C=O) groups excluding carboxylic acids is 1. The minimum atomic E-state index is -0.271. The lowest BCUT2D eigenvalue weighted by atomic mass is 9.83. The van der Waals surface area contributed by atoms with Gasteiger partial charge >= 0.3 is 0 Å². The normalized spacial score (nSPS) is 26.1. The van der Waals surface area contributed by atoms with Crippen molar-refractivity contribution in [2.24, 2.45) is 5.92 Å². The van der Waals surface area contributed by atoms with Gasteiger partial charge < -0.3 is 5.32 Å². The molecule has 1 aliphatic heterocycles. The predicted molar refractivity (Wildman–Crippen MR) is 90.4 cm³/mol. The minimum absolute atomic E-state index is 0.0950. The highest BCUT2D eigenvalue weighted by Gasteiger charge is 2.34. The maximum Gasteiger partial charge on any atom is 0.293 e. The number of nitrogens with one attached hydrogen (secondary N) is 3. The van der Waals surface area contributed by atoms with Crippen LogP contribution in [0.5, 0.6) is 0 Å². The molecular formula is C15H18BrN7O. The van der Waals surface area contributed by atoms with Crippen molar-refractivity contribution in [3.05, 3.63) is 34.6 Å². The number of rotatable bonds is 3. The number of fused-ring (bicyclic) bond motifs is 1. The van der Waals surface area contributed by atoms with Crippen LogP contribution in [-0.4, -0.2) is 44.7 Å². The van der Waals surface area contributed by atoms with Crippen LogP contribution in [-0.2, 0) is 0 Å². The Kier molecular flexibility index (Phi) is 4.30. The Hall–Kier alpha value is -1.84. The molecule has 8 nitrogen and oxygen atoms in total. The predicted octanol–water partition coefficient (Wildman–Crippen LogP) is 0.800. The second-order valence-corrected chi connectivity index (χ2v) is 7.17. The molecule has 1 saturated carbocycles. The molecule has 0 radical (unpaired) electrons. The molecule has 1 saturated heterocycles. The summed E-state index contributed by atoms with van der Waals surface area (Å²) in [4.78, 5) is 13.7. The molecule has 2 heterocycles. The molecule has 0 spiro atoms. The number of benzene rings is 1. The molecule has 2 fully saturated rings. The Morgan fingerprint density at radius 1 is 1.29 bits per heavy atom. The van der Waals surface area contributed by atoms with E-state index in [0.29, 0.717) is 12.0 Å². The Bertz CT molecular complexity index is 732. The summed E-state index contributed by atoms with van der Waals surface area (Å²) in [5, 5.41) is 15.0. The van der Waals surface area contributed by atoms with E-state index in [1.165, 1.54) is 4.80 Å². The SMILES string of the molecule is O=C(NC1CCC2CNNC2C1)c1nnn(-c2ccc(Br)cc2)n1. The van der Waals surface area contributed by atoms with Gasteiger partial charge in [-0.3, -0.25) is 15.6 Å². The van der Waals surface area contributed by atoms with Crippen LogP contribution in [0.15, 0.2) is 28.7 Å². The molecule has 1 aliphatic carbocycles. The van der Waals surface area contributed by atoms with Crippen LogP contribution in [0.3, 0.4) is 0 Å². The van der Waals surface area contributed by atoms with Crippen LogP contribution in [0.2, 0.25) is 0 Å². The molecule has 1 aromatic heterocycles. The highest BCUT2D eigenvalue weighted by molar-refractivity contribution is 9.10. The highest BCUT2D eigenvalue weighted by atomic mass is 79.9. The molecule has 24 heavy (non-hydrogen) atoms. The average molecular weight is 392 g/mol. The van der Waals surface area contributed by atoms with Crippen LogP contribution in [0.25, 0.3) is 5.69 Å². The summed E-state index contributed by atoms with van der Waals surface area (Å²) < 4.78 is 0.968. The van der Waals surface area contributed by atoms with Gasteiger partial charge in [-0.1, -0.05) is 15.9 Å². The Morgan fingerprint density at radius 3 is 2.96 bits per heavy atom. The van der Waals surface area contributed by atoms with Gasteiger partial charge in [0, 0.05) is 23.1 Å². The molecule has 126 valence electrons. The summed E-state index contributed by atoms with van der Waals surface area (Å²) in [5.74, 6) is 0.486. The standard InChI is InChI=1S/C15H18BrN7O/c16-10-2-5-12(6-3-10)23-21-14(20-22-23)15(24)18-11-4-1-9-8-17-19-13(9)7-11/h2-3,5-6,9,11,13,17,19H,1,4,7-8H2,(H,18,24). The molecule has 9 heteroatoms. The van der Waals surface area contributed by atoms with Crippen LogP contribution in [0, 0.1) is 5.92 Å². The van der Waals surface area contributed by atoms with Gasteiger partial charge in [-0.25, -0.2) is 0 Å². The van der Waals surface area contributed by atoms with Crippen molar-refractivity contribution in [3.63, 3.8) is 0 Å². The lowest BCUT2D eigenvalue weighted by Gasteiger charge is -2.30. The average Bonchev–Trinajstić information content (AvgIpc) is 3.24. The summed E-state index contributed by atoms with van der Waals surface area (Å²) in [6.45, 7) is 1.01. The van der Waals surface area contributed by atoms with E-state index in [0.717, 1.165) is 36.0 Å². The zero-order valence-electron chi connectivity index (χ0n) is 12.9. The van der Waals surface area contributed by atoms with Gasteiger partial charge in [0.15, 0.2) is 0 Å². The Morgan fingerprint density at radius 2 is 2.12 bits per heavy atom. The van der Waals surface area contributed by atoms with Crippen molar-refractivity contribution in [1.82, 2.24) is 36.4 Å². The number of nitrogens with zero attached hydrogens (tertiary/aromatic N) is 4. The number of carbonyl (C=O) groups is 1. The van der Waals surface area contributed by atoms with Crippen molar-refractivity contribution in [3.8, 4) is 5.69 Å². The molecule has 2 aliphatic rings. The number of halogens is 1. The van der Waals surface area contributed by atoms with Crippen molar-refractivity contribution in [1.29, 1.82) is 0 Å². The maximum atomic E-state index is 12.4. The fraction of sp³-hybridized carbons (Fsp3) is 0.467. The molecule has 2 aromatic rings. The lowest BCUT2D eigenvalue weighted by molar-refractivity contribution is 0.0908. The van der Waals surface area contributed by atoms with Crippen molar-refractivity contribution < 1.29 is 4.79 Å². The first-order chi connectivity index (χ1) is 11.7. The summed E-state index contributed by atoms with van der Waals surface area (Å²) >= 11 is 3.38. The van der Waals surface area contributed by atoms with Crippen molar-refractivity contribution in [2.75, 3.05) is 6.54 Å². The first kappa shape index (κ1) is 15.7. The third kappa shape index (κ3) is 3.19. The highest BCUT2D eigenvalue weighted by Crippen LogP contribution is 2.26. The summed E-state index contributed by atoms with van der Waals surface area (Å²) in [7, 11) is 0. The summed E-state index contributed by atoms with van der Waals surface area (Å²) in [6.07, 6.45) is 3.01. The molecule has 3 N–H and O–H groups in total. The second kappa shape index (κ2) is 6.58. The largest absolute Gasteiger partial charge is 0.346 e.